The van der Waals surface area contributed by atoms with Gasteiger partial charge < -0.3 is 5.73 Å². The molecule has 1 aromatic carbocycles. The van der Waals surface area contributed by atoms with Crippen molar-refractivity contribution in [2.75, 3.05) is 0 Å². The molecule has 2 heteroatoms. The second-order valence-corrected chi connectivity index (χ2v) is 3.33. The van der Waals surface area contributed by atoms with Gasteiger partial charge in [-0.05, 0) is 18.4 Å². The Kier molecular flexibility index (Phi) is 12.0. The lowest BCUT2D eigenvalue weighted by Crippen LogP contribution is -2.20. The molecule has 0 saturated carbocycles. The molecule has 2 N–H and O–H groups in total. The standard InChI is InChI=1S/C11H15NO.2C2H2/c1-9(11(12)13)7-8-10-5-3-2-4-6-10;2*1-2/h2-6,9H,7-8H2,1H3,(H2,12,13);2*1-2H/t9-;;/m0../s1. The second-order valence-electron chi connectivity index (χ2n) is 3.33. The quantitative estimate of drug-likeness (QED) is 0.790. The topological polar surface area (TPSA) is 43.1 Å². The summed E-state index contributed by atoms with van der Waals surface area (Å²) in [6.45, 7) is 1.87. The van der Waals surface area contributed by atoms with E-state index in [4.69, 9.17) is 5.73 Å². The van der Waals surface area contributed by atoms with Crippen molar-refractivity contribution in [1.29, 1.82) is 0 Å². The molecule has 1 rings (SSSR count). The van der Waals surface area contributed by atoms with E-state index in [9.17, 15) is 4.79 Å². The van der Waals surface area contributed by atoms with E-state index < -0.39 is 0 Å². The Bertz CT molecular complexity index is 332. The summed E-state index contributed by atoms with van der Waals surface area (Å²) in [5.74, 6) is -0.240. The Hall–Kier alpha value is -2.19. The molecule has 2 nitrogen and oxygen atoms in total. The molecular formula is C15H19NO. The van der Waals surface area contributed by atoms with E-state index in [-0.39, 0.29) is 11.8 Å². The van der Waals surface area contributed by atoms with E-state index in [0.717, 1.165) is 12.8 Å². The zero-order valence-corrected chi connectivity index (χ0v) is 10.2. The smallest absolute Gasteiger partial charge is 0.220 e. The molecule has 0 heterocycles. The fourth-order valence-corrected chi connectivity index (χ4v) is 1.17. The first-order chi connectivity index (χ1) is 8.20. The minimum atomic E-state index is -0.212. The van der Waals surface area contributed by atoms with Crippen LogP contribution in [0.2, 0.25) is 0 Å². The Morgan fingerprint density at radius 3 is 2.06 bits per heavy atom. The summed E-state index contributed by atoms with van der Waals surface area (Å²) < 4.78 is 0. The molecule has 0 spiro atoms. The number of aryl methyl sites for hydroxylation is 1. The summed E-state index contributed by atoms with van der Waals surface area (Å²) in [7, 11) is 0. The van der Waals surface area contributed by atoms with E-state index in [1.807, 2.05) is 25.1 Å². The predicted molar refractivity (Wildman–Crippen MR) is 72.9 cm³/mol. The first-order valence-electron chi connectivity index (χ1n) is 5.20. The molecule has 0 aromatic heterocycles. The number of rotatable bonds is 4. The summed E-state index contributed by atoms with van der Waals surface area (Å²) in [6, 6.07) is 10.1. The van der Waals surface area contributed by atoms with Gasteiger partial charge in [0.05, 0.1) is 0 Å². The van der Waals surface area contributed by atoms with Gasteiger partial charge in [-0.25, -0.2) is 0 Å². The highest BCUT2D eigenvalue weighted by Crippen LogP contribution is 2.08. The third kappa shape index (κ3) is 8.78. The maximum Gasteiger partial charge on any atom is 0.220 e. The van der Waals surface area contributed by atoms with Crippen molar-refractivity contribution >= 4 is 5.91 Å². The van der Waals surface area contributed by atoms with Crippen LogP contribution in [0.15, 0.2) is 30.3 Å². The van der Waals surface area contributed by atoms with Crippen LogP contribution in [-0.4, -0.2) is 5.91 Å². The molecular weight excluding hydrogens is 210 g/mol. The molecule has 0 bridgehead atoms. The highest BCUT2D eigenvalue weighted by Gasteiger charge is 2.07. The highest BCUT2D eigenvalue weighted by atomic mass is 16.1. The first-order valence-corrected chi connectivity index (χ1v) is 5.20. The van der Waals surface area contributed by atoms with Crippen LogP contribution < -0.4 is 5.73 Å². The summed E-state index contributed by atoms with van der Waals surface area (Å²) in [5.41, 5.74) is 6.42. The number of primary amides is 1. The zero-order chi connectivity index (χ0) is 13.7. The minimum Gasteiger partial charge on any atom is -0.369 e. The molecule has 1 atom stereocenters. The van der Waals surface area contributed by atoms with Crippen LogP contribution in [0.3, 0.4) is 0 Å². The van der Waals surface area contributed by atoms with Gasteiger partial charge in [-0.1, -0.05) is 37.3 Å². The highest BCUT2D eigenvalue weighted by molar-refractivity contribution is 5.76. The van der Waals surface area contributed by atoms with Gasteiger partial charge in [0.1, 0.15) is 0 Å². The number of hydrogen-bond acceptors (Lipinski definition) is 1. The number of hydrogen-bond donors (Lipinski definition) is 1. The van der Waals surface area contributed by atoms with Crippen LogP contribution in [0.1, 0.15) is 18.9 Å². The van der Waals surface area contributed by atoms with Crippen molar-refractivity contribution in [1.82, 2.24) is 0 Å². The van der Waals surface area contributed by atoms with Crippen LogP contribution in [0.4, 0.5) is 0 Å². The van der Waals surface area contributed by atoms with E-state index in [2.05, 4.69) is 37.8 Å². The number of benzene rings is 1. The lowest BCUT2D eigenvalue weighted by Gasteiger charge is -2.06. The predicted octanol–water partition coefficient (Wildman–Crippen LogP) is 2.24. The molecule has 0 radical (unpaired) electrons. The van der Waals surface area contributed by atoms with Gasteiger partial charge in [-0.15, -0.1) is 25.7 Å². The molecule has 0 aliphatic carbocycles. The van der Waals surface area contributed by atoms with E-state index in [1.165, 1.54) is 5.56 Å². The Morgan fingerprint density at radius 1 is 1.18 bits per heavy atom. The summed E-state index contributed by atoms with van der Waals surface area (Å²) in [4.78, 5) is 10.7. The number of carbonyl (C=O) groups excluding carboxylic acids is 1. The van der Waals surface area contributed by atoms with Gasteiger partial charge in [0.25, 0.3) is 0 Å². The normalized spacial score (nSPS) is 9.71. The number of carbonyl (C=O) groups is 1. The van der Waals surface area contributed by atoms with Gasteiger partial charge in [0.2, 0.25) is 5.91 Å². The van der Waals surface area contributed by atoms with Gasteiger partial charge >= 0.3 is 0 Å². The molecule has 0 aliphatic heterocycles. The van der Waals surface area contributed by atoms with Crippen molar-refractivity contribution in [3.63, 3.8) is 0 Å². The summed E-state index contributed by atoms with van der Waals surface area (Å²) in [5, 5.41) is 0. The van der Waals surface area contributed by atoms with Crippen molar-refractivity contribution in [3.05, 3.63) is 35.9 Å². The Balaban J connectivity index is 0. The summed E-state index contributed by atoms with van der Waals surface area (Å²) in [6.07, 6.45) is 17.8. The van der Waals surface area contributed by atoms with E-state index in [1.54, 1.807) is 0 Å². The average molecular weight is 229 g/mol. The van der Waals surface area contributed by atoms with Crippen LogP contribution in [0.5, 0.6) is 0 Å². The zero-order valence-electron chi connectivity index (χ0n) is 10.2. The monoisotopic (exact) mass is 229 g/mol. The molecule has 0 aliphatic rings. The lowest BCUT2D eigenvalue weighted by molar-refractivity contribution is -0.121. The third-order valence-corrected chi connectivity index (χ3v) is 2.19. The van der Waals surface area contributed by atoms with Crippen LogP contribution in [-0.2, 0) is 11.2 Å². The largest absolute Gasteiger partial charge is 0.369 e. The fraction of sp³-hybridized carbons (Fsp3) is 0.267. The fourth-order valence-electron chi connectivity index (χ4n) is 1.17. The first kappa shape index (κ1) is 17.2. The Morgan fingerprint density at radius 2 is 1.65 bits per heavy atom. The lowest BCUT2D eigenvalue weighted by atomic mass is 10.0. The van der Waals surface area contributed by atoms with Crippen molar-refractivity contribution in [3.8, 4) is 25.7 Å². The van der Waals surface area contributed by atoms with Crippen LogP contribution >= 0.6 is 0 Å². The minimum absolute atomic E-state index is 0.0276. The second kappa shape index (κ2) is 11.9. The van der Waals surface area contributed by atoms with Crippen molar-refractivity contribution in [2.24, 2.45) is 11.7 Å². The third-order valence-electron chi connectivity index (χ3n) is 2.19. The maximum absolute atomic E-state index is 10.7. The van der Waals surface area contributed by atoms with Crippen LogP contribution in [0.25, 0.3) is 0 Å². The summed E-state index contributed by atoms with van der Waals surface area (Å²) >= 11 is 0. The van der Waals surface area contributed by atoms with Gasteiger partial charge in [-0.2, -0.15) is 0 Å². The molecule has 1 amide bonds. The van der Waals surface area contributed by atoms with E-state index in [0.29, 0.717) is 0 Å². The Labute approximate surface area is 104 Å². The molecule has 90 valence electrons. The van der Waals surface area contributed by atoms with Crippen LogP contribution in [0, 0.1) is 31.6 Å². The number of nitrogens with two attached hydrogens (primary N) is 1. The maximum atomic E-state index is 10.7. The molecule has 0 fully saturated rings. The molecule has 0 unspecified atom stereocenters. The number of terminal acetylenes is 2. The van der Waals surface area contributed by atoms with Crippen molar-refractivity contribution < 1.29 is 4.79 Å². The molecule has 0 saturated heterocycles. The van der Waals surface area contributed by atoms with Gasteiger partial charge in [-0.3, -0.25) is 4.79 Å². The van der Waals surface area contributed by atoms with Crippen molar-refractivity contribution in [2.45, 2.75) is 19.8 Å². The average Bonchev–Trinajstić information content (AvgIpc) is 2.41. The van der Waals surface area contributed by atoms with Gasteiger partial charge in [0, 0.05) is 5.92 Å². The SMILES string of the molecule is C#C.C#C.C[C@@H](CCc1ccccc1)C(N)=O. The van der Waals surface area contributed by atoms with E-state index >= 15 is 0 Å². The molecule has 1 aromatic rings. The molecule has 17 heavy (non-hydrogen) atoms. The van der Waals surface area contributed by atoms with Gasteiger partial charge in [0.15, 0.2) is 0 Å². The number of amides is 1.